The van der Waals surface area contributed by atoms with E-state index in [9.17, 15) is 9.59 Å². The van der Waals surface area contributed by atoms with Crippen LogP contribution in [0.4, 0.5) is 5.82 Å². The number of fused-ring (bicyclic) bond motifs is 1. The lowest BCUT2D eigenvalue weighted by Crippen LogP contribution is -2.15. The van der Waals surface area contributed by atoms with Gasteiger partial charge in [-0.2, -0.15) is 0 Å². The molecule has 3 N–H and O–H groups in total. The molecule has 0 atom stereocenters. The number of rotatable bonds is 6. The van der Waals surface area contributed by atoms with Crippen LogP contribution in [-0.4, -0.2) is 28.4 Å². The molecular formula is C18H15BrN4O3. The average molecular weight is 415 g/mol. The third-order valence-corrected chi connectivity index (χ3v) is 4.16. The molecule has 2 aromatic heterocycles. The number of pyridine rings is 2. The smallest absolute Gasteiger partial charge is 0.256 e. The summed E-state index contributed by atoms with van der Waals surface area (Å²) in [7, 11) is 0. The van der Waals surface area contributed by atoms with Gasteiger partial charge in [0.15, 0.2) is 5.65 Å². The van der Waals surface area contributed by atoms with Gasteiger partial charge < -0.3 is 15.8 Å². The molecule has 0 bridgehead atoms. The zero-order valence-corrected chi connectivity index (χ0v) is 15.2. The van der Waals surface area contributed by atoms with Crippen molar-refractivity contribution < 1.29 is 14.3 Å². The SMILES string of the molecule is NC(=O)CCOc1cc(C(=O)Nc2ccc3cccnc3n2)ccc1Br. The van der Waals surface area contributed by atoms with Gasteiger partial charge in [0.2, 0.25) is 5.91 Å². The topological polar surface area (TPSA) is 107 Å². The van der Waals surface area contributed by atoms with E-state index in [1.807, 2.05) is 18.2 Å². The number of benzene rings is 1. The zero-order valence-electron chi connectivity index (χ0n) is 13.6. The van der Waals surface area contributed by atoms with E-state index in [2.05, 4.69) is 31.2 Å². The summed E-state index contributed by atoms with van der Waals surface area (Å²) in [5.41, 5.74) is 6.04. The summed E-state index contributed by atoms with van der Waals surface area (Å²) >= 11 is 3.35. The number of nitrogens with two attached hydrogens (primary N) is 1. The molecule has 0 aliphatic rings. The van der Waals surface area contributed by atoms with E-state index < -0.39 is 5.91 Å². The number of amides is 2. The molecule has 132 valence electrons. The maximum atomic E-state index is 12.5. The lowest BCUT2D eigenvalue weighted by Gasteiger charge is -2.10. The van der Waals surface area contributed by atoms with Gasteiger partial charge in [-0.15, -0.1) is 0 Å². The summed E-state index contributed by atoms with van der Waals surface area (Å²) in [6.07, 6.45) is 1.74. The van der Waals surface area contributed by atoms with Crippen LogP contribution >= 0.6 is 15.9 Å². The summed E-state index contributed by atoms with van der Waals surface area (Å²) in [6, 6.07) is 12.2. The lowest BCUT2D eigenvalue weighted by molar-refractivity contribution is -0.118. The summed E-state index contributed by atoms with van der Waals surface area (Å²) < 4.78 is 6.17. The highest BCUT2D eigenvalue weighted by Crippen LogP contribution is 2.26. The first kappa shape index (κ1) is 17.8. The number of hydrogen-bond acceptors (Lipinski definition) is 5. The quantitative estimate of drug-likeness (QED) is 0.644. The largest absolute Gasteiger partial charge is 0.492 e. The molecule has 3 aromatic rings. The van der Waals surface area contributed by atoms with Crippen LogP contribution < -0.4 is 15.8 Å². The third-order valence-electron chi connectivity index (χ3n) is 3.51. The summed E-state index contributed by atoms with van der Waals surface area (Å²) in [6.45, 7) is 0.136. The minimum atomic E-state index is -0.453. The second kappa shape index (κ2) is 7.92. The van der Waals surface area contributed by atoms with Crippen molar-refractivity contribution >= 4 is 44.6 Å². The number of carbonyl (C=O) groups excluding carboxylic acids is 2. The van der Waals surface area contributed by atoms with Crippen molar-refractivity contribution in [1.29, 1.82) is 0 Å². The van der Waals surface area contributed by atoms with Crippen LogP contribution in [0.5, 0.6) is 5.75 Å². The molecule has 0 unspecified atom stereocenters. The molecular weight excluding hydrogens is 400 g/mol. The Kier molecular flexibility index (Phi) is 5.43. The fraction of sp³-hybridized carbons (Fsp3) is 0.111. The van der Waals surface area contributed by atoms with Gasteiger partial charge in [-0.05, 0) is 58.4 Å². The van der Waals surface area contributed by atoms with Gasteiger partial charge in [0, 0.05) is 17.1 Å². The molecule has 0 aliphatic heterocycles. The van der Waals surface area contributed by atoms with Crippen LogP contribution in [0.2, 0.25) is 0 Å². The molecule has 3 rings (SSSR count). The minimum Gasteiger partial charge on any atom is -0.492 e. The first-order valence-corrected chi connectivity index (χ1v) is 8.56. The monoisotopic (exact) mass is 414 g/mol. The van der Waals surface area contributed by atoms with Gasteiger partial charge in [0.1, 0.15) is 11.6 Å². The number of nitrogens with zero attached hydrogens (tertiary/aromatic N) is 2. The molecule has 0 aliphatic carbocycles. The second-order valence-electron chi connectivity index (χ2n) is 5.41. The predicted molar refractivity (Wildman–Crippen MR) is 101 cm³/mol. The summed E-state index contributed by atoms with van der Waals surface area (Å²) in [4.78, 5) is 31.8. The standard InChI is InChI=1S/C18H15BrN4O3/c19-13-5-3-12(10-14(13)26-9-7-15(20)24)18(25)23-16-6-4-11-2-1-8-21-17(11)22-16/h1-6,8,10H,7,9H2,(H2,20,24)(H,21,22,23,25). The van der Waals surface area contributed by atoms with E-state index in [1.54, 1.807) is 30.5 Å². The number of ether oxygens (including phenoxy) is 1. The van der Waals surface area contributed by atoms with E-state index in [-0.39, 0.29) is 18.9 Å². The van der Waals surface area contributed by atoms with Crippen molar-refractivity contribution in [3.05, 3.63) is 58.7 Å². The van der Waals surface area contributed by atoms with Crippen molar-refractivity contribution in [3.63, 3.8) is 0 Å². The molecule has 26 heavy (non-hydrogen) atoms. The second-order valence-corrected chi connectivity index (χ2v) is 6.27. The van der Waals surface area contributed by atoms with Crippen LogP contribution in [0.25, 0.3) is 11.0 Å². The summed E-state index contributed by atoms with van der Waals surface area (Å²) in [5, 5.41) is 3.62. The molecule has 8 heteroatoms. The zero-order chi connectivity index (χ0) is 18.5. The van der Waals surface area contributed by atoms with Crippen LogP contribution in [0, 0.1) is 0 Å². The number of halogens is 1. The minimum absolute atomic E-state index is 0.0941. The number of anilines is 1. The number of hydrogen-bond donors (Lipinski definition) is 2. The van der Waals surface area contributed by atoms with Gasteiger partial charge in [-0.25, -0.2) is 9.97 Å². The van der Waals surface area contributed by atoms with E-state index in [4.69, 9.17) is 10.5 Å². The Morgan fingerprint density at radius 3 is 2.85 bits per heavy atom. The molecule has 0 radical (unpaired) electrons. The Balaban J connectivity index is 1.75. The molecule has 0 saturated heterocycles. The number of primary amides is 1. The van der Waals surface area contributed by atoms with Crippen LogP contribution in [-0.2, 0) is 4.79 Å². The van der Waals surface area contributed by atoms with E-state index in [1.165, 1.54) is 0 Å². The number of aromatic nitrogens is 2. The third kappa shape index (κ3) is 4.34. The average Bonchev–Trinajstić information content (AvgIpc) is 2.63. The van der Waals surface area contributed by atoms with Gasteiger partial charge in [-0.3, -0.25) is 9.59 Å². The van der Waals surface area contributed by atoms with Crippen molar-refractivity contribution in [2.75, 3.05) is 11.9 Å². The van der Waals surface area contributed by atoms with Gasteiger partial charge in [0.05, 0.1) is 17.5 Å². The highest BCUT2D eigenvalue weighted by Gasteiger charge is 2.11. The van der Waals surface area contributed by atoms with Crippen molar-refractivity contribution in [2.24, 2.45) is 5.73 Å². The normalized spacial score (nSPS) is 10.5. The molecule has 2 heterocycles. The molecule has 0 spiro atoms. The Bertz CT molecular complexity index is 978. The molecule has 0 fully saturated rings. The van der Waals surface area contributed by atoms with Gasteiger partial charge in [-0.1, -0.05) is 0 Å². The highest BCUT2D eigenvalue weighted by atomic mass is 79.9. The number of nitrogens with one attached hydrogen (secondary N) is 1. The molecule has 0 saturated carbocycles. The maximum absolute atomic E-state index is 12.5. The molecule has 7 nitrogen and oxygen atoms in total. The first-order chi connectivity index (χ1) is 12.5. The van der Waals surface area contributed by atoms with Crippen molar-refractivity contribution in [2.45, 2.75) is 6.42 Å². The lowest BCUT2D eigenvalue weighted by atomic mass is 10.2. The summed E-state index contributed by atoms with van der Waals surface area (Å²) in [5.74, 6) is 0.0680. The van der Waals surface area contributed by atoms with Crippen LogP contribution in [0.3, 0.4) is 0 Å². The van der Waals surface area contributed by atoms with Crippen LogP contribution in [0.15, 0.2) is 53.1 Å². The Labute approximate surface area is 157 Å². The van der Waals surface area contributed by atoms with E-state index in [0.717, 1.165) is 5.39 Å². The first-order valence-electron chi connectivity index (χ1n) is 7.77. The Morgan fingerprint density at radius 2 is 2.04 bits per heavy atom. The van der Waals surface area contributed by atoms with E-state index in [0.29, 0.717) is 27.3 Å². The molecule has 2 amide bonds. The van der Waals surface area contributed by atoms with E-state index >= 15 is 0 Å². The highest BCUT2D eigenvalue weighted by molar-refractivity contribution is 9.10. The van der Waals surface area contributed by atoms with Crippen LogP contribution in [0.1, 0.15) is 16.8 Å². The predicted octanol–water partition coefficient (Wildman–Crippen LogP) is 2.90. The van der Waals surface area contributed by atoms with Crippen molar-refractivity contribution in [3.8, 4) is 5.75 Å². The fourth-order valence-corrected chi connectivity index (χ4v) is 2.59. The van der Waals surface area contributed by atoms with Crippen molar-refractivity contribution in [1.82, 2.24) is 9.97 Å². The Morgan fingerprint density at radius 1 is 1.19 bits per heavy atom. The van der Waals surface area contributed by atoms with Gasteiger partial charge in [0.25, 0.3) is 5.91 Å². The number of carbonyl (C=O) groups is 2. The fourth-order valence-electron chi connectivity index (χ4n) is 2.23. The maximum Gasteiger partial charge on any atom is 0.256 e. The Hall–Kier alpha value is -3.00. The van der Waals surface area contributed by atoms with Gasteiger partial charge >= 0.3 is 0 Å². The molecule has 1 aromatic carbocycles.